The fourth-order valence-electron chi connectivity index (χ4n) is 1.94. The topological polar surface area (TPSA) is 54.3 Å². The standard InChI is InChI=1S/C16H21N3O2Se/c1-10(2)17-15-19(11(3)4)16(22-15)18-14(20)12-6-8-13(21-5)9-7-12/h6-11H,1-5H3. The van der Waals surface area contributed by atoms with Crippen molar-refractivity contribution >= 4 is 30.3 Å². The number of aliphatic imine (C=N–C) groups is 2. The number of methoxy groups -OCH3 is 1. The molecule has 1 aliphatic rings. The number of ether oxygens (including phenoxy) is 1. The Morgan fingerprint density at radius 2 is 1.77 bits per heavy atom. The van der Waals surface area contributed by atoms with Gasteiger partial charge in [-0.25, -0.2) is 0 Å². The summed E-state index contributed by atoms with van der Waals surface area (Å²) >= 11 is 0.0523. The van der Waals surface area contributed by atoms with Gasteiger partial charge in [0.1, 0.15) is 0 Å². The van der Waals surface area contributed by atoms with E-state index < -0.39 is 0 Å². The predicted molar refractivity (Wildman–Crippen MR) is 90.1 cm³/mol. The minimum absolute atomic E-state index is 0.0523. The number of rotatable bonds is 4. The van der Waals surface area contributed by atoms with E-state index in [-0.39, 0.29) is 32.9 Å². The zero-order valence-electron chi connectivity index (χ0n) is 13.5. The van der Waals surface area contributed by atoms with Gasteiger partial charge in [0.05, 0.1) is 0 Å². The van der Waals surface area contributed by atoms with Crippen LogP contribution in [0.2, 0.25) is 0 Å². The summed E-state index contributed by atoms with van der Waals surface area (Å²) in [6, 6.07) is 7.53. The van der Waals surface area contributed by atoms with Crippen LogP contribution in [0.1, 0.15) is 38.1 Å². The molecule has 1 aromatic rings. The van der Waals surface area contributed by atoms with Crippen LogP contribution >= 0.6 is 0 Å². The van der Waals surface area contributed by atoms with Crippen LogP contribution in [0.5, 0.6) is 5.75 Å². The van der Waals surface area contributed by atoms with Gasteiger partial charge in [0.25, 0.3) is 0 Å². The summed E-state index contributed by atoms with van der Waals surface area (Å²) < 4.78 is 7.01. The minimum atomic E-state index is -0.214. The first-order valence-corrected chi connectivity index (χ1v) is 8.95. The van der Waals surface area contributed by atoms with Gasteiger partial charge in [-0.3, -0.25) is 0 Å². The first-order valence-electron chi connectivity index (χ1n) is 7.24. The molecule has 0 saturated carbocycles. The zero-order chi connectivity index (χ0) is 16.3. The van der Waals surface area contributed by atoms with E-state index in [0.29, 0.717) is 5.56 Å². The molecule has 0 radical (unpaired) electrons. The SMILES string of the molecule is COc1ccc(C(=O)N=C2[Se]C(=NC(C)C)N2C(C)C)cc1. The van der Waals surface area contributed by atoms with Crippen molar-refractivity contribution in [3.63, 3.8) is 0 Å². The van der Waals surface area contributed by atoms with Gasteiger partial charge < -0.3 is 0 Å². The molecule has 0 N–H and O–H groups in total. The molecule has 2 rings (SSSR count). The normalized spacial score (nSPS) is 18.2. The van der Waals surface area contributed by atoms with Crippen LogP contribution in [0, 0.1) is 0 Å². The molecule has 1 fully saturated rings. The van der Waals surface area contributed by atoms with Crippen molar-refractivity contribution in [2.45, 2.75) is 39.8 Å². The fraction of sp³-hybridized carbons (Fsp3) is 0.438. The first kappa shape index (κ1) is 16.7. The monoisotopic (exact) mass is 367 g/mol. The van der Waals surface area contributed by atoms with E-state index in [1.165, 1.54) is 0 Å². The molecule has 0 spiro atoms. The third-order valence-corrected chi connectivity index (χ3v) is 5.02. The maximum atomic E-state index is 12.3. The molecule has 118 valence electrons. The molecule has 0 atom stereocenters. The summed E-state index contributed by atoms with van der Waals surface area (Å²) in [6.07, 6.45) is 0. The molecule has 0 bridgehead atoms. The van der Waals surface area contributed by atoms with Gasteiger partial charge in [0, 0.05) is 0 Å². The second kappa shape index (κ2) is 7.07. The van der Waals surface area contributed by atoms with Crippen molar-refractivity contribution in [3.05, 3.63) is 29.8 Å². The molecule has 1 aliphatic heterocycles. The Morgan fingerprint density at radius 1 is 1.14 bits per heavy atom. The van der Waals surface area contributed by atoms with Gasteiger partial charge in [-0.2, -0.15) is 0 Å². The van der Waals surface area contributed by atoms with Gasteiger partial charge in [0.2, 0.25) is 0 Å². The first-order chi connectivity index (χ1) is 10.4. The van der Waals surface area contributed by atoms with E-state index in [1.54, 1.807) is 31.4 Å². The number of hydrogen-bond acceptors (Lipinski definition) is 3. The van der Waals surface area contributed by atoms with Crippen molar-refractivity contribution in [1.29, 1.82) is 0 Å². The Kier molecular flexibility index (Phi) is 5.37. The number of hydrogen-bond donors (Lipinski definition) is 0. The molecule has 22 heavy (non-hydrogen) atoms. The van der Waals surface area contributed by atoms with Gasteiger partial charge >= 0.3 is 137 Å². The van der Waals surface area contributed by atoms with Gasteiger partial charge in [-0.1, -0.05) is 0 Å². The fourth-order valence-corrected chi connectivity index (χ4v) is 4.48. The summed E-state index contributed by atoms with van der Waals surface area (Å²) in [7, 11) is 1.60. The van der Waals surface area contributed by atoms with E-state index in [0.717, 1.165) is 15.2 Å². The van der Waals surface area contributed by atoms with Crippen molar-refractivity contribution in [1.82, 2.24) is 4.90 Å². The van der Waals surface area contributed by atoms with Crippen LogP contribution in [0.4, 0.5) is 0 Å². The van der Waals surface area contributed by atoms with Crippen LogP contribution in [0.15, 0.2) is 34.3 Å². The summed E-state index contributed by atoms with van der Waals surface area (Å²) in [6.45, 7) is 8.27. The molecule has 5 nitrogen and oxygen atoms in total. The van der Waals surface area contributed by atoms with E-state index in [1.807, 2.05) is 0 Å². The van der Waals surface area contributed by atoms with Gasteiger partial charge in [-0.15, -0.1) is 0 Å². The number of amides is 1. The Labute approximate surface area is 137 Å². The number of benzene rings is 1. The van der Waals surface area contributed by atoms with Crippen LogP contribution in [-0.2, 0) is 0 Å². The zero-order valence-corrected chi connectivity index (χ0v) is 15.2. The molecule has 1 saturated heterocycles. The second-order valence-electron chi connectivity index (χ2n) is 5.50. The van der Waals surface area contributed by atoms with E-state index in [2.05, 4.69) is 42.6 Å². The third kappa shape index (κ3) is 3.76. The Balaban J connectivity index is 2.16. The van der Waals surface area contributed by atoms with Crippen molar-refractivity contribution in [2.75, 3.05) is 7.11 Å². The third-order valence-electron chi connectivity index (χ3n) is 3.01. The molecule has 1 heterocycles. The Morgan fingerprint density at radius 3 is 2.27 bits per heavy atom. The second-order valence-corrected chi connectivity index (χ2v) is 7.46. The van der Waals surface area contributed by atoms with Crippen LogP contribution in [0.25, 0.3) is 0 Å². The number of carbonyl (C=O) groups excluding carboxylic acids is 1. The molecule has 1 amide bonds. The molecular weight excluding hydrogens is 345 g/mol. The number of amidine groups is 2. The molecule has 0 aromatic heterocycles. The van der Waals surface area contributed by atoms with Crippen molar-refractivity contribution in [3.8, 4) is 5.75 Å². The summed E-state index contributed by atoms with van der Waals surface area (Å²) in [4.78, 5) is 23.2. The maximum absolute atomic E-state index is 12.3. The van der Waals surface area contributed by atoms with Crippen LogP contribution in [-0.4, -0.2) is 54.4 Å². The summed E-state index contributed by atoms with van der Waals surface area (Å²) in [5, 5.41) is 0. The average Bonchev–Trinajstić information content (AvgIpc) is 2.44. The van der Waals surface area contributed by atoms with Crippen LogP contribution < -0.4 is 4.74 Å². The Bertz CT molecular complexity index is 606. The molecular formula is C16H21N3O2Se. The summed E-state index contributed by atoms with van der Waals surface area (Å²) in [5.41, 5.74) is 0.571. The van der Waals surface area contributed by atoms with Crippen molar-refractivity contribution in [2.24, 2.45) is 9.98 Å². The molecule has 1 aromatic carbocycles. The molecule has 6 heteroatoms. The molecule has 0 aliphatic carbocycles. The Hall–Kier alpha value is -1.65. The van der Waals surface area contributed by atoms with E-state index in [9.17, 15) is 4.79 Å². The van der Waals surface area contributed by atoms with Gasteiger partial charge in [0.15, 0.2) is 0 Å². The van der Waals surface area contributed by atoms with Crippen molar-refractivity contribution < 1.29 is 9.53 Å². The number of nitrogens with zero attached hydrogens (tertiary/aromatic N) is 3. The quantitative estimate of drug-likeness (QED) is 0.769. The van der Waals surface area contributed by atoms with Crippen LogP contribution in [0.3, 0.4) is 0 Å². The number of carbonyl (C=O) groups is 1. The van der Waals surface area contributed by atoms with Gasteiger partial charge in [-0.05, 0) is 0 Å². The molecule has 0 unspecified atom stereocenters. The van der Waals surface area contributed by atoms with E-state index >= 15 is 0 Å². The average molecular weight is 366 g/mol. The van der Waals surface area contributed by atoms with E-state index in [4.69, 9.17) is 4.74 Å². The predicted octanol–water partition coefficient (Wildman–Crippen LogP) is 2.38. The summed E-state index contributed by atoms with van der Waals surface area (Å²) in [5.74, 6) is 0.515.